The summed E-state index contributed by atoms with van der Waals surface area (Å²) >= 11 is -0.256. The van der Waals surface area contributed by atoms with Crippen molar-refractivity contribution in [3.05, 3.63) is 42.9 Å². The first kappa shape index (κ1) is 20.2. The monoisotopic (exact) mass is 532 g/mol. The maximum atomic E-state index is 5.63. The van der Waals surface area contributed by atoms with E-state index in [9.17, 15) is 0 Å². The van der Waals surface area contributed by atoms with E-state index < -0.39 is 0 Å². The maximum absolute atomic E-state index is 5.63. The molecule has 3 aromatic heterocycles. The summed E-state index contributed by atoms with van der Waals surface area (Å²) in [6, 6.07) is 10.2. The summed E-state index contributed by atoms with van der Waals surface area (Å²) in [7, 11) is 1.63. The summed E-state index contributed by atoms with van der Waals surface area (Å²) in [5.74, 6) is 1.86. The van der Waals surface area contributed by atoms with Gasteiger partial charge < -0.3 is 0 Å². The van der Waals surface area contributed by atoms with Gasteiger partial charge in [-0.15, -0.1) is 0 Å². The topological polar surface area (TPSA) is 83.1 Å². The number of methoxy groups -OCH3 is 1. The zero-order valence-corrected chi connectivity index (χ0v) is 19.7. The molecule has 1 aromatic carbocycles. The van der Waals surface area contributed by atoms with Crippen molar-refractivity contribution in [1.29, 1.82) is 0 Å². The van der Waals surface area contributed by atoms with E-state index in [4.69, 9.17) is 19.4 Å². The molecule has 9 nitrogen and oxygen atoms in total. The van der Waals surface area contributed by atoms with Crippen molar-refractivity contribution in [3.63, 3.8) is 0 Å². The number of fused-ring (bicyclic) bond motifs is 1. The van der Waals surface area contributed by atoms with Crippen molar-refractivity contribution in [2.24, 2.45) is 0 Å². The molecule has 1 aliphatic heterocycles. The molecular weight excluding hydrogens is 509 g/mol. The first-order valence-corrected chi connectivity index (χ1v) is 13.1. The van der Waals surface area contributed by atoms with Crippen LogP contribution in [0.2, 0.25) is 0 Å². The second-order valence-corrected chi connectivity index (χ2v) is 9.23. The molecule has 162 valence electrons. The van der Waals surface area contributed by atoms with Gasteiger partial charge in [0.25, 0.3) is 0 Å². The van der Waals surface area contributed by atoms with Crippen molar-refractivity contribution < 1.29 is 31.0 Å². The molecule has 5 rings (SSSR count). The quantitative estimate of drug-likeness (QED) is 0.251. The summed E-state index contributed by atoms with van der Waals surface area (Å²) < 4.78 is 15.0. The third kappa shape index (κ3) is 3.63. The summed E-state index contributed by atoms with van der Waals surface area (Å²) in [4.78, 5) is 18.8. The van der Waals surface area contributed by atoms with Crippen LogP contribution < -0.4 is 31.1 Å². The van der Waals surface area contributed by atoms with Crippen molar-refractivity contribution in [2.45, 2.75) is 13.0 Å². The fraction of sp³-hybridized carbons (Fsp3) is 0.333. The second kappa shape index (κ2) is 8.42. The van der Waals surface area contributed by atoms with Gasteiger partial charge in [-0.3, -0.25) is 0 Å². The van der Waals surface area contributed by atoms with Gasteiger partial charge in [-0.25, -0.2) is 0 Å². The molecule has 0 radical (unpaired) electrons. The third-order valence-electron chi connectivity index (χ3n) is 5.31. The van der Waals surface area contributed by atoms with E-state index in [1.165, 1.54) is 0 Å². The number of imidazole rings is 1. The van der Waals surface area contributed by atoms with Gasteiger partial charge in [-0.05, 0) is 0 Å². The average molecular weight is 532 g/mol. The predicted octanol–water partition coefficient (Wildman–Crippen LogP) is -0.605. The van der Waals surface area contributed by atoms with Gasteiger partial charge in [0.15, 0.2) is 0 Å². The first-order valence-electron chi connectivity index (χ1n) is 9.98. The van der Waals surface area contributed by atoms with Gasteiger partial charge >= 0.3 is 191 Å². The molecule has 0 N–H and O–H groups in total. The van der Waals surface area contributed by atoms with Gasteiger partial charge in [-0.1, -0.05) is 0 Å². The Morgan fingerprint density at radius 3 is 2.77 bits per heavy atom. The molecule has 1 saturated heterocycles. The number of aromatic nitrogens is 6. The Hall–Kier alpha value is -2.73. The number of nitrogens with zero attached hydrogens (tertiary/aromatic N) is 7. The Bertz CT molecular complexity index is 1210. The van der Waals surface area contributed by atoms with Crippen LogP contribution in [-0.4, -0.2) is 65.4 Å². The van der Waals surface area contributed by atoms with Crippen LogP contribution >= 0.6 is 0 Å². The van der Waals surface area contributed by atoms with Gasteiger partial charge in [0.05, 0.1) is 0 Å². The summed E-state index contributed by atoms with van der Waals surface area (Å²) in [6.07, 6.45) is 3.79. The van der Waals surface area contributed by atoms with Crippen molar-refractivity contribution in [3.8, 4) is 23.0 Å². The summed E-state index contributed by atoms with van der Waals surface area (Å²) in [5, 5.41) is 4.63. The molecular formula is C21H23IN7O2-. The van der Waals surface area contributed by atoms with Crippen molar-refractivity contribution in [2.75, 3.05) is 36.7 Å². The molecule has 0 spiro atoms. The van der Waals surface area contributed by atoms with Crippen LogP contribution in [0.4, 0.5) is 5.82 Å². The number of benzene rings is 1. The molecule has 0 amide bonds. The zero-order valence-electron chi connectivity index (χ0n) is 17.6. The molecule has 4 heterocycles. The normalized spacial score (nSPS) is 16.9. The minimum absolute atomic E-state index is 0.202. The molecule has 0 aliphatic carbocycles. The molecule has 31 heavy (non-hydrogen) atoms. The van der Waals surface area contributed by atoms with Gasteiger partial charge in [0.1, 0.15) is 0 Å². The molecule has 4 aromatic rings. The molecule has 1 aliphatic rings. The van der Waals surface area contributed by atoms with E-state index in [1.807, 2.05) is 42.9 Å². The van der Waals surface area contributed by atoms with Crippen molar-refractivity contribution >= 4 is 17.0 Å². The van der Waals surface area contributed by atoms with E-state index in [2.05, 4.69) is 29.6 Å². The Labute approximate surface area is 190 Å². The Morgan fingerprint density at radius 2 is 2.03 bits per heavy atom. The van der Waals surface area contributed by atoms with E-state index >= 15 is 0 Å². The molecule has 0 bridgehead atoms. The predicted molar refractivity (Wildman–Crippen MR) is 113 cm³/mol. The molecule has 0 saturated carbocycles. The van der Waals surface area contributed by atoms with Crippen LogP contribution in [0.1, 0.15) is 6.92 Å². The average Bonchev–Trinajstić information content (AvgIpc) is 3.43. The van der Waals surface area contributed by atoms with Gasteiger partial charge in [-0.2, -0.15) is 0 Å². The minimum atomic E-state index is -0.256. The van der Waals surface area contributed by atoms with Crippen LogP contribution in [0.25, 0.3) is 28.2 Å². The molecule has 1 fully saturated rings. The van der Waals surface area contributed by atoms with E-state index in [-0.39, 0.29) is 27.5 Å². The number of hydrogen-bond donors (Lipinski definition) is 0. The fourth-order valence-corrected chi connectivity index (χ4v) is 4.91. The number of rotatable bonds is 5. The van der Waals surface area contributed by atoms with E-state index in [0.29, 0.717) is 25.0 Å². The molecule has 1 atom stereocenters. The fourth-order valence-electron chi connectivity index (χ4n) is 3.74. The molecule has 10 heteroatoms. The SMILES string of the molecule is COc1nn(-c2nc(N3CCOC[C@H]3C)c3ncn([I-]C)c3n2)cc1-c1ccccc1. The van der Waals surface area contributed by atoms with Crippen LogP contribution in [0.5, 0.6) is 5.88 Å². The Kier molecular flexibility index (Phi) is 5.48. The van der Waals surface area contributed by atoms with Crippen LogP contribution in [-0.2, 0) is 4.74 Å². The van der Waals surface area contributed by atoms with Gasteiger partial charge in [0.2, 0.25) is 0 Å². The van der Waals surface area contributed by atoms with Crippen molar-refractivity contribution in [1.82, 2.24) is 27.5 Å². The number of anilines is 1. The first-order chi connectivity index (χ1) is 15.2. The zero-order chi connectivity index (χ0) is 21.4. The number of alkyl halides is 1. The van der Waals surface area contributed by atoms with E-state index in [0.717, 1.165) is 34.7 Å². The van der Waals surface area contributed by atoms with E-state index in [1.54, 1.807) is 11.8 Å². The van der Waals surface area contributed by atoms with Crippen LogP contribution in [0, 0.1) is 0 Å². The van der Waals surface area contributed by atoms with Gasteiger partial charge in [0, 0.05) is 0 Å². The summed E-state index contributed by atoms with van der Waals surface area (Å²) in [6.45, 7) is 4.23. The van der Waals surface area contributed by atoms with Crippen LogP contribution in [0.3, 0.4) is 0 Å². The van der Waals surface area contributed by atoms with Crippen LogP contribution in [0.15, 0.2) is 42.9 Å². The number of halogens is 1. The molecule has 0 unspecified atom stereocenters. The standard InChI is InChI=1S/C21H23IN7O2/c1-14-12-31-10-9-27(14)18-17-19(28(22-2)13-23-17)25-21(24-18)29-11-16(20(26-29)30-3)15-7-5-4-6-8-15/h4-8,11,13-14H,9-10,12H2,1-3H3/q-1/t14-/m1/s1. The second-order valence-electron chi connectivity index (χ2n) is 7.22. The Balaban J connectivity index is 1.68. The third-order valence-corrected chi connectivity index (χ3v) is 7.06. The Morgan fingerprint density at radius 1 is 1.19 bits per heavy atom. The number of morpholine rings is 1. The number of ether oxygens (including phenoxy) is 2. The number of hydrogen-bond acceptors (Lipinski definition) is 7. The summed E-state index contributed by atoms with van der Waals surface area (Å²) in [5.41, 5.74) is 3.58.